The van der Waals surface area contributed by atoms with Crippen LogP contribution in [0.3, 0.4) is 0 Å². The molecule has 1 N–H and O–H groups in total. The molecule has 1 heterocycles. The number of rotatable bonds is 4. The van der Waals surface area contributed by atoms with Crippen molar-refractivity contribution in [2.45, 2.75) is 13.5 Å². The number of ether oxygens (including phenoxy) is 1. The molecule has 0 atom stereocenters. The summed E-state index contributed by atoms with van der Waals surface area (Å²) in [6.45, 7) is 2.59. The SMILES string of the molecule is COc1cccc(CNc2ccnc(C)n2)c1. The fourth-order valence-electron chi connectivity index (χ4n) is 1.53. The van der Waals surface area contributed by atoms with Crippen molar-refractivity contribution < 1.29 is 4.74 Å². The van der Waals surface area contributed by atoms with Crippen molar-refractivity contribution in [1.29, 1.82) is 0 Å². The summed E-state index contributed by atoms with van der Waals surface area (Å²) >= 11 is 0. The molecule has 88 valence electrons. The zero-order valence-electron chi connectivity index (χ0n) is 9.97. The molecule has 17 heavy (non-hydrogen) atoms. The molecular formula is C13H15N3O. The van der Waals surface area contributed by atoms with Crippen molar-refractivity contribution >= 4 is 5.82 Å². The molecular weight excluding hydrogens is 214 g/mol. The van der Waals surface area contributed by atoms with Crippen LogP contribution in [0.1, 0.15) is 11.4 Å². The van der Waals surface area contributed by atoms with Crippen LogP contribution in [0.5, 0.6) is 5.75 Å². The molecule has 0 spiro atoms. The van der Waals surface area contributed by atoms with Crippen LogP contribution >= 0.6 is 0 Å². The first-order valence-corrected chi connectivity index (χ1v) is 5.44. The minimum absolute atomic E-state index is 0.716. The van der Waals surface area contributed by atoms with E-state index in [0.29, 0.717) is 6.54 Å². The van der Waals surface area contributed by atoms with E-state index in [9.17, 15) is 0 Å². The molecule has 0 bridgehead atoms. The van der Waals surface area contributed by atoms with Gasteiger partial charge in [-0.2, -0.15) is 0 Å². The predicted molar refractivity (Wildman–Crippen MR) is 67.1 cm³/mol. The Bertz CT molecular complexity index is 500. The van der Waals surface area contributed by atoms with Gasteiger partial charge in [0.1, 0.15) is 17.4 Å². The standard InChI is InChI=1S/C13H15N3O/c1-10-14-7-6-13(16-10)15-9-11-4-3-5-12(8-11)17-2/h3-8H,9H2,1-2H3,(H,14,15,16). The number of methoxy groups -OCH3 is 1. The molecule has 4 nitrogen and oxygen atoms in total. The summed E-state index contributed by atoms with van der Waals surface area (Å²) in [4.78, 5) is 8.33. The number of nitrogens with zero attached hydrogens (tertiary/aromatic N) is 2. The van der Waals surface area contributed by atoms with Crippen LogP contribution in [-0.2, 0) is 6.54 Å². The molecule has 0 aliphatic heterocycles. The van der Waals surface area contributed by atoms with Gasteiger partial charge in [-0.15, -0.1) is 0 Å². The monoisotopic (exact) mass is 229 g/mol. The van der Waals surface area contributed by atoms with E-state index in [0.717, 1.165) is 23.0 Å². The van der Waals surface area contributed by atoms with Gasteiger partial charge in [0.25, 0.3) is 0 Å². The highest BCUT2D eigenvalue weighted by atomic mass is 16.5. The summed E-state index contributed by atoms with van der Waals surface area (Å²) in [6.07, 6.45) is 1.75. The lowest BCUT2D eigenvalue weighted by molar-refractivity contribution is 0.414. The van der Waals surface area contributed by atoms with E-state index >= 15 is 0 Å². The van der Waals surface area contributed by atoms with E-state index in [-0.39, 0.29) is 0 Å². The first-order chi connectivity index (χ1) is 8.28. The van der Waals surface area contributed by atoms with Crippen LogP contribution in [0.2, 0.25) is 0 Å². The van der Waals surface area contributed by atoms with Gasteiger partial charge in [-0.25, -0.2) is 9.97 Å². The summed E-state index contributed by atoms with van der Waals surface area (Å²) in [5, 5.41) is 3.25. The Morgan fingerprint density at radius 3 is 2.94 bits per heavy atom. The van der Waals surface area contributed by atoms with Crippen molar-refractivity contribution in [2.75, 3.05) is 12.4 Å². The van der Waals surface area contributed by atoms with E-state index in [2.05, 4.69) is 15.3 Å². The third kappa shape index (κ3) is 3.17. The Morgan fingerprint density at radius 1 is 1.29 bits per heavy atom. The molecule has 2 rings (SSSR count). The highest BCUT2D eigenvalue weighted by molar-refractivity contribution is 5.36. The molecule has 1 aromatic carbocycles. The van der Waals surface area contributed by atoms with Gasteiger partial charge < -0.3 is 10.1 Å². The molecule has 0 radical (unpaired) electrons. The molecule has 4 heteroatoms. The van der Waals surface area contributed by atoms with Gasteiger partial charge in [0.2, 0.25) is 0 Å². The van der Waals surface area contributed by atoms with Crippen LogP contribution in [0, 0.1) is 6.92 Å². The normalized spacial score (nSPS) is 10.0. The predicted octanol–water partition coefficient (Wildman–Crippen LogP) is 2.41. The average molecular weight is 229 g/mol. The lowest BCUT2D eigenvalue weighted by Gasteiger charge is -2.07. The van der Waals surface area contributed by atoms with Gasteiger partial charge in [-0.1, -0.05) is 12.1 Å². The van der Waals surface area contributed by atoms with E-state index in [1.54, 1.807) is 13.3 Å². The quantitative estimate of drug-likeness (QED) is 0.874. The molecule has 0 saturated heterocycles. The number of nitrogens with one attached hydrogen (secondary N) is 1. The lowest BCUT2D eigenvalue weighted by Crippen LogP contribution is -2.02. The van der Waals surface area contributed by atoms with Crippen molar-refractivity contribution in [2.24, 2.45) is 0 Å². The zero-order chi connectivity index (χ0) is 12.1. The number of aryl methyl sites for hydroxylation is 1. The van der Waals surface area contributed by atoms with Crippen molar-refractivity contribution in [1.82, 2.24) is 9.97 Å². The van der Waals surface area contributed by atoms with E-state index in [1.807, 2.05) is 37.3 Å². The van der Waals surface area contributed by atoms with Gasteiger partial charge in [-0.3, -0.25) is 0 Å². The number of benzene rings is 1. The first kappa shape index (κ1) is 11.4. The molecule has 0 amide bonds. The minimum atomic E-state index is 0.716. The van der Waals surface area contributed by atoms with Crippen molar-refractivity contribution in [3.8, 4) is 5.75 Å². The Balaban J connectivity index is 2.02. The molecule has 1 aromatic heterocycles. The number of anilines is 1. The molecule has 0 unspecified atom stereocenters. The highest BCUT2D eigenvalue weighted by Gasteiger charge is 1.97. The Labute approximate surface area is 101 Å². The molecule has 0 fully saturated rings. The summed E-state index contributed by atoms with van der Waals surface area (Å²) < 4.78 is 5.17. The smallest absolute Gasteiger partial charge is 0.129 e. The van der Waals surface area contributed by atoms with Gasteiger partial charge in [-0.05, 0) is 30.7 Å². The third-order valence-electron chi connectivity index (χ3n) is 2.38. The summed E-state index contributed by atoms with van der Waals surface area (Å²) in [5.41, 5.74) is 1.15. The first-order valence-electron chi connectivity index (χ1n) is 5.44. The molecule has 0 aliphatic carbocycles. The zero-order valence-corrected chi connectivity index (χ0v) is 9.97. The van der Waals surface area contributed by atoms with Crippen molar-refractivity contribution in [3.63, 3.8) is 0 Å². The van der Waals surface area contributed by atoms with Crippen LogP contribution in [0.15, 0.2) is 36.5 Å². The number of aromatic nitrogens is 2. The van der Waals surface area contributed by atoms with E-state index in [4.69, 9.17) is 4.74 Å². The second kappa shape index (κ2) is 5.30. The highest BCUT2D eigenvalue weighted by Crippen LogP contribution is 2.13. The van der Waals surface area contributed by atoms with E-state index < -0.39 is 0 Å². The maximum atomic E-state index is 5.17. The fourth-order valence-corrected chi connectivity index (χ4v) is 1.53. The van der Waals surface area contributed by atoms with Crippen LogP contribution in [0.25, 0.3) is 0 Å². The Hall–Kier alpha value is -2.10. The summed E-state index contributed by atoms with van der Waals surface area (Å²) in [7, 11) is 1.67. The van der Waals surface area contributed by atoms with Crippen molar-refractivity contribution in [3.05, 3.63) is 47.9 Å². The number of hydrogen-bond donors (Lipinski definition) is 1. The van der Waals surface area contributed by atoms with Gasteiger partial charge in [0.05, 0.1) is 7.11 Å². The van der Waals surface area contributed by atoms with Crippen LogP contribution in [-0.4, -0.2) is 17.1 Å². The minimum Gasteiger partial charge on any atom is -0.497 e. The molecule has 0 saturated carbocycles. The van der Waals surface area contributed by atoms with Gasteiger partial charge in [0, 0.05) is 12.7 Å². The van der Waals surface area contributed by atoms with Crippen LogP contribution in [0.4, 0.5) is 5.82 Å². The number of hydrogen-bond acceptors (Lipinski definition) is 4. The maximum Gasteiger partial charge on any atom is 0.129 e. The fraction of sp³-hybridized carbons (Fsp3) is 0.231. The largest absolute Gasteiger partial charge is 0.497 e. The van der Waals surface area contributed by atoms with E-state index in [1.165, 1.54) is 0 Å². The molecule has 0 aliphatic rings. The summed E-state index contributed by atoms with van der Waals surface area (Å²) in [5.74, 6) is 2.46. The van der Waals surface area contributed by atoms with Gasteiger partial charge >= 0.3 is 0 Å². The Morgan fingerprint density at radius 2 is 2.18 bits per heavy atom. The Kier molecular flexibility index (Phi) is 3.55. The lowest BCUT2D eigenvalue weighted by atomic mass is 10.2. The third-order valence-corrected chi connectivity index (χ3v) is 2.38. The molecule has 2 aromatic rings. The maximum absolute atomic E-state index is 5.17. The van der Waals surface area contributed by atoms with Gasteiger partial charge in [0.15, 0.2) is 0 Å². The average Bonchev–Trinajstić information content (AvgIpc) is 2.37. The second-order valence-electron chi connectivity index (χ2n) is 3.69. The second-order valence-corrected chi connectivity index (χ2v) is 3.69. The summed E-state index contributed by atoms with van der Waals surface area (Å²) in [6, 6.07) is 9.80. The topological polar surface area (TPSA) is 47.0 Å². The van der Waals surface area contributed by atoms with Crippen LogP contribution < -0.4 is 10.1 Å².